The minimum atomic E-state index is -0.0604. The Morgan fingerprint density at radius 3 is 2.20 bits per heavy atom. The number of allylic oxidation sites excluding steroid dienone is 8. The van der Waals surface area contributed by atoms with Gasteiger partial charge in [-0.3, -0.25) is 0 Å². The second-order valence-corrected chi connectivity index (χ2v) is 14.4. The molecule has 0 radical (unpaired) electrons. The summed E-state index contributed by atoms with van der Waals surface area (Å²) in [6.07, 6.45) is 25.1. The average Bonchev–Trinajstić information content (AvgIpc) is 3.44. The van der Waals surface area contributed by atoms with Crippen LogP contribution >= 0.6 is 0 Å². The molecule has 1 unspecified atom stereocenters. The molecule has 0 nitrogen and oxygen atoms in total. The minimum absolute atomic E-state index is 0.0604. The molecule has 4 aliphatic rings. The van der Waals surface area contributed by atoms with Crippen molar-refractivity contribution < 1.29 is 24.2 Å². The predicted octanol–water partition coefficient (Wildman–Crippen LogP) is 7.60. The van der Waals surface area contributed by atoms with Gasteiger partial charge >= 0.3 is 59.5 Å². The van der Waals surface area contributed by atoms with Gasteiger partial charge in [-0.05, 0) is 33.8 Å². The van der Waals surface area contributed by atoms with Crippen molar-refractivity contribution in [1.29, 1.82) is 0 Å². The second kappa shape index (κ2) is 10.2. The SMILES string of the molecule is CCC1(C(C)(C)C)[C-]=C2C=c3cc(C(C)(C)C)ccc3=C2C=C1C1=CC=CC1.[Zr]=[C]1CCCCC1. The van der Waals surface area contributed by atoms with Crippen LogP contribution in [0.3, 0.4) is 0 Å². The fraction of sp³-hybridized carbons (Fsp3) is 0.500. The van der Waals surface area contributed by atoms with E-state index in [9.17, 15) is 0 Å². The molecular weight excluding hydrogens is 500 g/mol. The third-order valence-electron chi connectivity index (χ3n) is 8.28. The molecule has 0 heterocycles. The maximum absolute atomic E-state index is 4.04. The van der Waals surface area contributed by atoms with Crippen LogP contribution in [0.1, 0.15) is 99.0 Å². The van der Waals surface area contributed by atoms with Crippen LogP contribution in [0.5, 0.6) is 0 Å². The molecule has 1 saturated carbocycles. The summed E-state index contributed by atoms with van der Waals surface area (Å²) in [4.78, 5) is 0. The summed E-state index contributed by atoms with van der Waals surface area (Å²) in [5.74, 6) is 0. The van der Waals surface area contributed by atoms with E-state index in [1.807, 2.05) is 0 Å². The molecular formula is C34H43Zr-. The fourth-order valence-electron chi connectivity index (χ4n) is 5.99. The van der Waals surface area contributed by atoms with E-state index < -0.39 is 0 Å². The van der Waals surface area contributed by atoms with Crippen molar-refractivity contribution in [3.8, 4) is 0 Å². The third-order valence-corrected chi connectivity index (χ3v) is 9.51. The van der Waals surface area contributed by atoms with E-state index in [1.54, 1.807) is 27.4 Å². The van der Waals surface area contributed by atoms with Gasteiger partial charge in [-0.1, -0.05) is 107 Å². The van der Waals surface area contributed by atoms with Crippen molar-refractivity contribution in [2.24, 2.45) is 10.8 Å². The number of benzene rings is 1. The quantitative estimate of drug-likeness (QED) is 0.338. The molecule has 1 fully saturated rings. The summed E-state index contributed by atoms with van der Waals surface area (Å²) in [5, 5.41) is 2.71. The zero-order chi connectivity index (χ0) is 25.4. The molecule has 35 heavy (non-hydrogen) atoms. The zero-order valence-corrected chi connectivity index (χ0v) is 25.5. The second-order valence-electron chi connectivity index (χ2n) is 12.7. The molecule has 1 aromatic carbocycles. The summed E-state index contributed by atoms with van der Waals surface area (Å²) in [6, 6.07) is 7.00. The summed E-state index contributed by atoms with van der Waals surface area (Å²) in [7, 11) is 0. The topological polar surface area (TPSA) is 0 Å². The van der Waals surface area contributed by atoms with Crippen LogP contribution in [0, 0.1) is 16.9 Å². The average molecular weight is 543 g/mol. The van der Waals surface area contributed by atoms with Crippen molar-refractivity contribution in [1.82, 2.24) is 0 Å². The Morgan fingerprint density at radius 2 is 1.69 bits per heavy atom. The van der Waals surface area contributed by atoms with Crippen LogP contribution in [0.2, 0.25) is 0 Å². The normalized spacial score (nSPS) is 23.4. The monoisotopic (exact) mass is 541 g/mol. The van der Waals surface area contributed by atoms with Crippen molar-refractivity contribution in [3.05, 3.63) is 81.3 Å². The molecule has 0 bridgehead atoms. The molecule has 0 spiro atoms. The molecule has 5 rings (SSSR count). The Morgan fingerprint density at radius 1 is 0.971 bits per heavy atom. The van der Waals surface area contributed by atoms with Crippen LogP contribution < -0.4 is 10.4 Å². The first-order valence-corrected chi connectivity index (χ1v) is 14.9. The summed E-state index contributed by atoms with van der Waals surface area (Å²) in [5.41, 5.74) is 7.16. The van der Waals surface area contributed by atoms with Crippen molar-refractivity contribution in [3.63, 3.8) is 0 Å². The number of rotatable bonds is 2. The van der Waals surface area contributed by atoms with E-state index >= 15 is 0 Å². The van der Waals surface area contributed by atoms with E-state index in [1.165, 1.54) is 70.4 Å². The molecule has 184 valence electrons. The number of fused-ring (bicyclic) bond motifs is 2. The summed E-state index contributed by atoms with van der Waals surface area (Å²) < 4.78 is 1.80. The third kappa shape index (κ3) is 5.37. The van der Waals surface area contributed by atoms with Crippen LogP contribution in [0.4, 0.5) is 0 Å². The fourth-order valence-corrected chi connectivity index (χ4v) is 6.86. The standard InChI is InChI=1S/C28H33.C6H10.Zr/c1-8-28(27(5,6)7)18-21-15-20-16-22(26(2,3)4)13-14-23(20)24(21)17-25(28)19-11-9-10-12-19;1-2-4-6-5-3-1;/h9-11,13-17H,8,12H2,1-7H3;1-5H2;/q-1;;. The van der Waals surface area contributed by atoms with Crippen LogP contribution in [0.15, 0.2) is 59.2 Å². The van der Waals surface area contributed by atoms with Gasteiger partial charge in [0.15, 0.2) is 0 Å². The van der Waals surface area contributed by atoms with Gasteiger partial charge in [0.05, 0.1) is 0 Å². The molecule has 1 atom stereocenters. The van der Waals surface area contributed by atoms with Crippen LogP contribution in [0.25, 0.3) is 11.6 Å². The Hall–Kier alpha value is -1.33. The summed E-state index contributed by atoms with van der Waals surface area (Å²) >= 11 is 1.69. The number of hydrogen-bond donors (Lipinski definition) is 0. The first-order chi connectivity index (χ1) is 16.5. The maximum atomic E-state index is 4.04. The van der Waals surface area contributed by atoms with Crippen molar-refractivity contribution in [2.75, 3.05) is 0 Å². The first-order valence-electron chi connectivity index (χ1n) is 13.6. The van der Waals surface area contributed by atoms with Gasteiger partial charge in [0, 0.05) is 0 Å². The van der Waals surface area contributed by atoms with Gasteiger partial charge in [0.25, 0.3) is 0 Å². The van der Waals surface area contributed by atoms with E-state index in [2.05, 4.69) is 103 Å². The van der Waals surface area contributed by atoms with Crippen molar-refractivity contribution in [2.45, 2.75) is 98.8 Å². The van der Waals surface area contributed by atoms with Gasteiger partial charge in [-0.15, -0.1) is 11.6 Å². The molecule has 1 aromatic rings. The number of hydrogen-bond acceptors (Lipinski definition) is 0. The Labute approximate surface area is 229 Å². The zero-order valence-electron chi connectivity index (χ0n) is 23.1. The molecule has 0 aromatic heterocycles. The van der Waals surface area contributed by atoms with Crippen molar-refractivity contribution >= 4 is 14.9 Å². The first kappa shape index (κ1) is 26.7. The Kier molecular flexibility index (Phi) is 7.79. The molecule has 0 saturated heterocycles. The van der Waals surface area contributed by atoms with E-state index in [0.29, 0.717) is 0 Å². The summed E-state index contributed by atoms with van der Waals surface area (Å²) in [6.45, 7) is 16.3. The Bertz CT molecular complexity index is 1240. The molecule has 0 amide bonds. The molecule has 0 N–H and O–H groups in total. The van der Waals surface area contributed by atoms with Gasteiger partial charge in [-0.2, -0.15) is 17.7 Å². The van der Waals surface area contributed by atoms with Gasteiger partial charge in [0.1, 0.15) is 0 Å². The molecule has 0 aliphatic heterocycles. The van der Waals surface area contributed by atoms with E-state index in [-0.39, 0.29) is 16.2 Å². The Balaban J connectivity index is 0.000000356. The van der Waals surface area contributed by atoms with Gasteiger partial charge in [-0.25, -0.2) is 0 Å². The van der Waals surface area contributed by atoms with E-state index in [0.717, 1.165) is 12.8 Å². The van der Waals surface area contributed by atoms with Gasteiger partial charge < -0.3 is 0 Å². The van der Waals surface area contributed by atoms with E-state index in [4.69, 9.17) is 0 Å². The predicted molar refractivity (Wildman–Crippen MR) is 149 cm³/mol. The van der Waals surface area contributed by atoms with Crippen LogP contribution in [-0.2, 0) is 29.7 Å². The van der Waals surface area contributed by atoms with Crippen LogP contribution in [-0.4, -0.2) is 3.21 Å². The van der Waals surface area contributed by atoms with Gasteiger partial charge in [0.2, 0.25) is 0 Å². The molecule has 4 aliphatic carbocycles. The molecule has 1 heteroatoms.